The molecule has 21 heavy (non-hydrogen) atoms. The van der Waals surface area contributed by atoms with Crippen molar-refractivity contribution in [3.8, 4) is 0 Å². The number of hydrogen-bond acceptors (Lipinski definition) is 6. The molecule has 0 amide bonds. The molecule has 0 aliphatic carbocycles. The first-order valence-electron chi connectivity index (χ1n) is 6.71. The third-order valence-electron chi connectivity index (χ3n) is 2.93. The summed E-state index contributed by atoms with van der Waals surface area (Å²) in [6.07, 6.45) is 1.59. The fourth-order valence-corrected chi connectivity index (χ4v) is 4.00. The van der Waals surface area contributed by atoms with Gasteiger partial charge in [0.2, 0.25) is 10.0 Å². The summed E-state index contributed by atoms with van der Waals surface area (Å²) in [5, 5.41) is 12.7. The molecular formula is C12H19N5O2S2. The Bertz CT molecular complexity index is 677. The molecule has 0 spiro atoms. The average Bonchev–Trinajstić information content (AvgIpc) is 3.12. The Hall–Kier alpha value is -1.29. The van der Waals surface area contributed by atoms with Crippen LogP contribution < -0.4 is 10.0 Å². The molecule has 116 valence electrons. The van der Waals surface area contributed by atoms with Gasteiger partial charge in [-0.3, -0.25) is 0 Å². The van der Waals surface area contributed by atoms with E-state index in [0.29, 0.717) is 23.1 Å². The maximum Gasteiger partial charge on any atom is 0.250 e. The number of sulfonamides is 1. The van der Waals surface area contributed by atoms with E-state index in [4.69, 9.17) is 0 Å². The van der Waals surface area contributed by atoms with Crippen LogP contribution in [0.3, 0.4) is 0 Å². The van der Waals surface area contributed by atoms with Gasteiger partial charge in [0.1, 0.15) is 16.4 Å². The maximum atomic E-state index is 12.2. The zero-order valence-electron chi connectivity index (χ0n) is 12.0. The monoisotopic (exact) mass is 329 g/mol. The van der Waals surface area contributed by atoms with E-state index in [9.17, 15) is 8.42 Å². The minimum atomic E-state index is -3.51. The van der Waals surface area contributed by atoms with Crippen LogP contribution in [-0.4, -0.2) is 29.7 Å². The van der Waals surface area contributed by atoms with Gasteiger partial charge >= 0.3 is 0 Å². The zero-order valence-corrected chi connectivity index (χ0v) is 13.7. The molecule has 2 N–H and O–H groups in total. The zero-order chi connectivity index (χ0) is 15.3. The molecule has 0 aliphatic rings. The largest absolute Gasteiger partial charge is 0.317 e. The van der Waals surface area contributed by atoms with Crippen LogP contribution in [0.1, 0.15) is 25.2 Å². The fraction of sp³-hybridized carbons (Fsp3) is 0.500. The summed E-state index contributed by atoms with van der Waals surface area (Å²) in [4.78, 5) is 0. The molecule has 9 heteroatoms. The molecular weight excluding hydrogens is 310 g/mol. The highest BCUT2D eigenvalue weighted by atomic mass is 32.2. The van der Waals surface area contributed by atoms with Crippen LogP contribution in [0.15, 0.2) is 22.0 Å². The number of aromatic nitrogens is 3. The minimum Gasteiger partial charge on any atom is -0.317 e. The lowest BCUT2D eigenvalue weighted by Crippen LogP contribution is -2.24. The first-order valence-corrected chi connectivity index (χ1v) is 9.07. The van der Waals surface area contributed by atoms with Gasteiger partial charge in [0, 0.05) is 13.1 Å². The molecule has 0 atom stereocenters. The van der Waals surface area contributed by atoms with Crippen molar-refractivity contribution in [2.45, 2.75) is 37.7 Å². The molecule has 0 radical (unpaired) electrons. The minimum absolute atomic E-state index is 0.136. The topological polar surface area (TPSA) is 88.9 Å². The molecule has 0 unspecified atom stereocenters. The lowest BCUT2D eigenvalue weighted by molar-refractivity contribution is 0.577. The van der Waals surface area contributed by atoms with E-state index in [1.165, 1.54) is 11.3 Å². The average molecular weight is 329 g/mol. The van der Waals surface area contributed by atoms with Crippen molar-refractivity contribution < 1.29 is 8.42 Å². The number of aryl methyl sites for hydroxylation is 1. The summed E-state index contributed by atoms with van der Waals surface area (Å²) in [7, 11) is -3.51. The Labute approximate surface area is 128 Å². The van der Waals surface area contributed by atoms with Gasteiger partial charge in [-0.2, -0.15) is 0 Å². The van der Waals surface area contributed by atoms with Crippen molar-refractivity contribution in [3.63, 3.8) is 0 Å². The van der Waals surface area contributed by atoms with Crippen molar-refractivity contribution in [1.29, 1.82) is 0 Å². The summed E-state index contributed by atoms with van der Waals surface area (Å²) < 4.78 is 29.1. The summed E-state index contributed by atoms with van der Waals surface area (Å²) in [5.74, 6) is 0.602. The molecule has 7 nitrogen and oxygen atoms in total. The highest BCUT2D eigenvalue weighted by Crippen LogP contribution is 2.20. The van der Waals surface area contributed by atoms with Crippen molar-refractivity contribution in [2.75, 3.05) is 6.54 Å². The van der Waals surface area contributed by atoms with Gasteiger partial charge in [0.05, 0.1) is 6.54 Å². The smallest absolute Gasteiger partial charge is 0.250 e. The van der Waals surface area contributed by atoms with Gasteiger partial charge in [0.25, 0.3) is 0 Å². The number of hydrogen-bond donors (Lipinski definition) is 2. The summed E-state index contributed by atoms with van der Waals surface area (Å²) in [6.45, 7) is 6.32. The molecule has 0 aliphatic heterocycles. The second-order valence-corrected chi connectivity index (χ2v) is 7.32. The normalized spacial score (nSPS) is 11.9. The van der Waals surface area contributed by atoms with Gasteiger partial charge in [-0.15, -0.1) is 21.5 Å². The van der Waals surface area contributed by atoms with Crippen LogP contribution in [-0.2, 0) is 29.7 Å². The SMILES string of the molecule is CCNCc1csc(S(=O)(=O)NCc2nncn2CC)c1. The summed E-state index contributed by atoms with van der Waals surface area (Å²) >= 11 is 1.22. The van der Waals surface area contributed by atoms with Crippen molar-refractivity contribution in [2.24, 2.45) is 0 Å². The number of thiophene rings is 1. The molecule has 0 bridgehead atoms. The lowest BCUT2D eigenvalue weighted by Gasteiger charge is -2.05. The van der Waals surface area contributed by atoms with E-state index < -0.39 is 10.0 Å². The Morgan fingerprint density at radius 3 is 2.86 bits per heavy atom. The molecule has 2 heterocycles. The molecule has 0 saturated carbocycles. The van der Waals surface area contributed by atoms with E-state index in [-0.39, 0.29) is 6.54 Å². The first kappa shape index (κ1) is 16.1. The second-order valence-electron chi connectivity index (χ2n) is 4.41. The van der Waals surface area contributed by atoms with Gasteiger partial charge in [-0.25, -0.2) is 13.1 Å². The Morgan fingerprint density at radius 2 is 2.14 bits per heavy atom. The van der Waals surface area contributed by atoms with Gasteiger partial charge in [-0.1, -0.05) is 6.92 Å². The van der Waals surface area contributed by atoms with Gasteiger partial charge in [0.15, 0.2) is 0 Å². The number of rotatable bonds is 8. The highest BCUT2D eigenvalue weighted by molar-refractivity contribution is 7.91. The van der Waals surface area contributed by atoms with E-state index in [0.717, 1.165) is 12.1 Å². The Morgan fingerprint density at radius 1 is 1.33 bits per heavy atom. The third kappa shape index (κ3) is 4.10. The Kier molecular flexibility index (Phi) is 5.45. The fourth-order valence-electron chi connectivity index (χ4n) is 1.77. The predicted octanol–water partition coefficient (Wildman–Crippen LogP) is 0.947. The third-order valence-corrected chi connectivity index (χ3v) is 5.82. The molecule has 2 aromatic heterocycles. The van der Waals surface area contributed by atoms with Crippen LogP contribution in [0.2, 0.25) is 0 Å². The van der Waals surface area contributed by atoms with Gasteiger partial charge < -0.3 is 9.88 Å². The predicted molar refractivity (Wildman–Crippen MR) is 81.4 cm³/mol. The van der Waals surface area contributed by atoms with E-state index in [1.54, 1.807) is 17.0 Å². The molecule has 0 saturated heterocycles. The first-order chi connectivity index (χ1) is 10.1. The number of nitrogens with zero attached hydrogens (tertiary/aromatic N) is 3. The van der Waals surface area contributed by atoms with Crippen LogP contribution in [0.25, 0.3) is 0 Å². The van der Waals surface area contributed by atoms with Crippen molar-refractivity contribution in [1.82, 2.24) is 24.8 Å². The highest BCUT2D eigenvalue weighted by Gasteiger charge is 2.17. The van der Waals surface area contributed by atoms with Crippen LogP contribution in [0.5, 0.6) is 0 Å². The summed E-state index contributed by atoms with van der Waals surface area (Å²) in [5.41, 5.74) is 0.971. The van der Waals surface area contributed by atoms with Crippen LogP contribution >= 0.6 is 11.3 Å². The standard InChI is InChI=1S/C12H19N5O2S2/c1-3-13-6-10-5-12(20-8-10)21(18,19)15-7-11-16-14-9-17(11)4-2/h5,8-9,13,15H,3-4,6-7H2,1-2H3. The van der Waals surface area contributed by atoms with Crippen LogP contribution in [0, 0.1) is 0 Å². The lowest BCUT2D eigenvalue weighted by atomic mass is 10.3. The molecule has 2 rings (SSSR count). The van der Waals surface area contributed by atoms with Gasteiger partial charge in [-0.05, 0) is 30.5 Å². The maximum absolute atomic E-state index is 12.2. The van der Waals surface area contributed by atoms with E-state index in [1.807, 2.05) is 19.2 Å². The van der Waals surface area contributed by atoms with E-state index in [2.05, 4.69) is 20.2 Å². The summed E-state index contributed by atoms with van der Waals surface area (Å²) in [6, 6.07) is 1.69. The number of nitrogens with one attached hydrogen (secondary N) is 2. The van der Waals surface area contributed by atoms with Crippen molar-refractivity contribution >= 4 is 21.4 Å². The van der Waals surface area contributed by atoms with Crippen molar-refractivity contribution in [3.05, 3.63) is 29.2 Å². The molecule has 0 aromatic carbocycles. The molecule has 2 aromatic rings. The van der Waals surface area contributed by atoms with E-state index >= 15 is 0 Å². The quantitative estimate of drug-likeness (QED) is 0.753. The van der Waals surface area contributed by atoms with Crippen LogP contribution in [0.4, 0.5) is 0 Å². The Balaban J connectivity index is 2.03. The molecule has 0 fully saturated rings. The second kappa shape index (κ2) is 7.12.